The fourth-order valence-corrected chi connectivity index (χ4v) is 4.43. The van der Waals surface area contributed by atoms with Crippen molar-refractivity contribution in [2.75, 3.05) is 52.0 Å². The van der Waals surface area contributed by atoms with Crippen molar-refractivity contribution in [3.63, 3.8) is 0 Å². The molecule has 1 aliphatic rings. The predicted molar refractivity (Wildman–Crippen MR) is 122 cm³/mol. The van der Waals surface area contributed by atoms with Gasteiger partial charge in [-0.1, -0.05) is 24.3 Å². The molecule has 2 aromatic carbocycles. The standard InChI is InChI=1S/C23H32N2O4S/c1-27-21-6-4-3-5-19(21)15-24-14-18-7-8-22(23(13-18)28-2)29-17-20(26)16-25-9-11-30-12-10-25/h3-8,13,20,24,26H,9-12,14-17H2,1-2H3/t20-/m1/s1. The van der Waals surface area contributed by atoms with E-state index in [1.54, 1.807) is 14.2 Å². The second-order valence-electron chi connectivity index (χ2n) is 7.28. The number of β-amino-alcohol motifs (C(OH)–C–C–N with tert-alkyl or cyclic N) is 1. The highest BCUT2D eigenvalue weighted by Gasteiger charge is 2.16. The summed E-state index contributed by atoms with van der Waals surface area (Å²) < 4.78 is 16.7. The summed E-state index contributed by atoms with van der Waals surface area (Å²) in [7, 11) is 3.32. The number of para-hydroxylation sites is 1. The van der Waals surface area contributed by atoms with E-state index in [0.717, 1.165) is 41.5 Å². The number of thioether (sulfide) groups is 1. The van der Waals surface area contributed by atoms with Gasteiger partial charge in [-0.25, -0.2) is 0 Å². The first kappa shape index (κ1) is 22.7. The fourth-order valence-electron chi connectivity index (χ4n) is 3.45. The molecule has 1 atom stereocenters. The molecule has 1 aliphatic heterocycles. The molecule has 6 nitrogen and oxygen atoms in total. The van der Waals surface area contributed by atoms with Gasteiger partial charge < -0.3 is 24.6 Å². The highest BCUT2D eigenvalue weighted by atomic mass is 32.2. The SMILES string of the molecule is COc1ccccc1CNCc1ccc(OC[C@H](O)CN2CCSCC2)c(OC)c1. The monoisotopic (exact) mass is 432 g/mol. The molecular weight excluding hydrogens is 400 g/mol. The summed E-state index contributed by atoms with van der Waals surface area (Å²) in [6, 6.07) is 13.9. The van der Waals surface area contributed by atoms with Crippen LogP contribution in [0.25, 0.3) is 0 Å². The van der Waals surface area contributed by atoms with Gasteiger partial charge in [0, 0.05) is 49.8 Å². The van der Waals surface area contributed by atoms with Crippen molar-refractivity contribution in [1.82, 2.24) is 10.2 Å². The van der Waals surface area contributed by atoms with E-state index in [2.05, 4.69) is 16.3 Å². The van der Waals surface area contributed by atoms with E-state index < -0.39 is 6.10 Å². The lowest BCUT2D eigenvalue weighted by molar-refractivity contribution is 0.0705. The molecule has 30 heavy (non-hydrogen) atoms. The third-order valence-corrected chi connectivity index (χ3v) is 6.01. The number of aliphatic hydroxyl groups is 1. The van der Waals surface area contributed by atoms with Crippen LogP contribution in [0.15, 0.2) is 42.5 Å². The average molecular weight is 433 g/mol. The van der Waals surface area contributed by atoms with Gasteiger partial charge in [0.15, 0.2) is 11.5 Å². The van der Waals surface area contributed by atoms with Gasteiger partial charge in [0.05, 0.1) is 14.2 Å². The summed E-state index contributed by atoms with van der Waals surface area (Å²) in [5, 5.41) is 13.7. The van der Waals surface area contributed by atoms with Crippen molar-refractivity contribution in [2.24, 2.45) is 0 Å². The summed E-state index contributed by atoms with van der Waals surface area (Å²) in [6.45, 7) is 4.37. The van der Waals surface area contributed by atoms with E-state index in [1.165, 1.54) is 0 Å². The number of hydrogen-bond acceptors (Lipinski definition) is 7. The van der Waals surface area contributed by atoms with Gasteiger partial charge in [-0.15, -0.1) is 0 Å². The zero-order valence-electron chi connectivity index (χ0n) is 17.8. The predicted octanol–water partition coefficient (Wildman–Crippen LogP) is 2.78. The Kier molecular flexibility index (Phi) is 9.14. The Morgan fingerprint density at radius 1 is 1.00 bits per heavy atom. The van der Waals surface area contributed by atoms with Gasteiger partial charge in [0.1, 0.15) is 18.5 Å². The highest BCUT2D eigenvalue weighted by Crippen LogP contribution is 2.28. The van der Waals surface area contributed by atoms with Gasteiger partial charge >= 0.3 is 0 Å². The number of ether oxygens (including phenoxy) is 3. The number of benzene rings is 2. The maximum Gasteiger partial charge on any atom is 0.161 e. The van der Waals surface area contributed by atoms with Crippen molar-refractivity contribution in [2.45, 2.75) is 19.2 Å². The topological polar surface area (TPSA) is 63.2 Å². The fraction of sp³-hybridized carbons (Fsp3) is 0.478. The van der Waals surface area contributed by atoms with Crippen LogP contribution in [0, 0.1) is 0 Å². The lowest BCUT2D eigenvalue weighted by atomic mass is 10.1. The highest BCUT2D eigenvalue weighted by molar-refractivity contribution is 7.99. The minimum Gasteiger partial charge on any atom is -0.496 e. The zero-order valence-corrected chi connectivity index (χ0v) is 18.6. The number of hydrogen-bond donors (Lipinski definition) is 2. The van der Waals surface area contributed by atoms with Crippen molar-refractivity contribution in [3.8, 4) is 17.2 Å². The van der Waals surface area contributed by atoms with Crippen LogP contribution >= 0.6 is 11.8 Å². The van der Waals surface area contributed by atoms with E-state index in [-0.39, 0.29) is 6.61 Å². The lowest BCUT2D eigenvalue weighted by Crippen LogP contribution is -2.40. The van der Waals surface area contributed by atoms with Crippen LogP contribution in [-0.2, 0) is 13.1 Å². The first-order chi connectivity index (χ1) is 14.7. The van der Waals surface area contributed by atoms with Gasteiger partial charge in [-0.3, -0.25) is 4.90 Å². The molecule has 2 aromatic rings. The molecule has 1 fully saturated rings. The number of aliphatic hydroxyl groups excluding tert-OH is 1. The van der Waals surface area contributed by atoms with Crippen LogP contribution in [0.4, 0.5) is 0 Å². The van der Waals surface area contributed by atoms with E-state index in [9.17, 15) is 5.11 Å². The number of methoxy groups -OCH3 is 2. The molecule has 0 spiro atoms. The van der Waals surface area contributed by atoms with Crippen LogP contribution in [0.2, 0.25) is 0 Å². The Morgan fingerprint density at radius 2 is 1.77 bits per heavy atom. The third kappa shape index (κ3) is 6.80. The first-order valence-electron chi connectivity index (χ1n) is 10.3. The van der Waals surface area contributed by atoms with Crippen molar-refractivity contribution in [3.05, 3.63) is 53.6 Å². The summed E-state index contributed by atoms with van der Waals surface area (Å²) in [5.74, 6) is 4.47. The Balaban J connectivity index is 1.49. The summed E-state index contributed by atoms with van der Waals surface area (Å²) >= 11 is 1.97. The van der Waals surface area contributed by atoms with Crippen LogP contribution in [0.3, 0.4) is 0 Å². The summed E-state index contributed by atoms with van der Waals surface area (Å²) in [6.07, 6.45) is -0.514. The van der Waals surface area contributed by atoms with E-state index >= 15 is 0 Å². The number of nitrogens with one attached hydrogen (secondary N) is 1. The van der Waals surface area contributed by atoms with Crippen LogP contribution < -0.4 is 19.5 Å². The molecular formula is C23H32N2O4S. The van der Waals surface area contributed by atoms with Crippen LogP contribution in [0.5, 0.6) is 17.2 Å². The molecule has 0 radical (unpaired) electrons. The second-order valence-corrected chi connectivity index (χ2v) is 8.50. The Labute approximate surface area is 183 Å². The molecule has 0 aliphatic carbocycles. The molecule has 7 heteroatoms. The Morgan fingerprint density at radius 3 is 2.53 bits per heavy atom. The minimum atomic E-state index is -0.514. The smallest absolute Gasteiger partial charge is 0.161 e. The molecule has 3 rings (SSSR count). The number of nitrogens with zero attached hydrogens (tertiary/aromatic N) is 1. The molecule has 0 bridgehead atoms. The van der Waals surface area contributed by atoms with Crippen molar-refractivity contribution < 1.29 is 19.3 Å². The van der Waals surface area contributed by atoms with E-state index in [0.29, 0.717) is 31.1 Å². The van der Waals surface area contributed by atoms with Crippen molar-refractivity contribution >= 4 is 11.8 Å². The second kappa shape index (κ2) is 12.1. The maximum atomic E-state index is 10.3. The average Bonchev–Trinajstić information content (AvgIpc) is 2.79. The minimum absolute atomic E-state index is 0.255. The largest absolute Gasteiger partial charge is 0.496 e. The molecule has 2 N–H and O–H groups in total. The van der Waals surface area contributed by atoms with Gasteiger partial charge in [0.25, 0.3) is 0 Å². The number of rotatable bonds is 11. The summed E-state index contributed by atoms with van der Waals surface area (Å²) in [4.78, 5) is 2.29. The Bertz CT molecular complexity index is 784. The van der Waals surface area contributed by atoms with E-state index in [4.69, 9.17) is 14.2 Å². The molecule has 0 aromatic heterocycles. The van der Waals surface area contributed by atoms with Gasteiger partial charge in [-0.2, -0.15) is 11.8 Å². The maximum absolute atomic E-state index is 10.3. The normalized spacial score (nSPS) is 15.6. The summed E-state index contributed by atoms with van der Waals surface area (Å²) in [5.41, 5.74) is 2.22. The lowest BCUT2D eigenvalue weighted by Gasteiger charge is -2.28. The van der Waals surface area contributed by atoms with Crippen LogP contribution in [0.1, 0.15) is 11.1 Å². The van der Waals surface area contributed by atoms with Crippen LogP contribution in [-0.4, -0.2) is 68.1 Å². The quantitative estimate of drug-likeness (QED) is 0.566. The molecule has 0 saturated carbocycles. The molecule has 1 saturated heterocycles. The molecule has 0 unspecified atom stereocenters. The zero-order chi connectivity index (χ0) is 21.2. The van der Waals surface area contributed by atoms with Gasteiger partial charge in [0.2, 0.25) is 0 Å². The molecule has 164 valence electrons. The van der Waals surface area contributed by atoms with Gasteiger partial charge in [-0.05, 0) is 23.8 Å². The Hall–Kier alpha value is -1.93. The molecule has 1 heterocycles. The van der Waals surface area contributed by atoms with E-state index in [1.807, 2.05) is 48.2 Å². The first-order valence-corrected chi connectivity index (χ1v) is 11.5. The third-order valence-electron chi connectivity index (χ3n) is 5.07. The van der Waals surface area contributed by atoms with Crippen molar-refractivity contribution in [1.29, 1.82) is 0 Å². The molecule has 0 amide bonds.